The molecule has 8 nitrogen and oxygen atoms in total. The van der Waals surface area contributed by atoms with Gasteiger partial charge in [0.2, 0.25) is 12.7 Å². The number of thioether (sulfide) groups is 1. The van der Waals surface area contributed by atoms with E-state index in [9.17, 15) is 9.59 Å². The maximum Gasteiger partial charge on any atom is 0.343 e. The molecule has 2 heterocycles. The first-order valence-corrected chi connectivity index (χ1v) is 8.49. The number of nitrogens with one attached hydrogen (secondary N) is 2. The van der Waals surface area contributed by atoms with Crippen LogP contribution in [0.2, 0.25) is 0 Å². The smallest absolute Gasteiger partial charge is 0.343 e. The third-order valence-corrected chi connectivity index (χ3v) is 4.55. The highest BCUT2D eigenvalue weighted by molar-refractivity contribution is 8.00. The summed E-state index contributed by atoms with van der Waals surface area (Å²) in [5.41, 5.74) is 0.368. The standard InChI is InChI=1S/C15H18N4O4S/c1-3-6-19-14(21)17-18-15(19)24-9(2)13(20)16-10-4-5-11-12(7-10)23-8-22-11/h4-5,7,9H,3,6,8H2,1-2H3,(H,16,20)(H,17,21)/t9-/m0/s1. The van der Waals surface area contributed by atoms with Gasteiger partial charge in [-0.15, -0.1) is 5.10 Å². The number of hydrogen-bond donors (Lipinski definition) is 2. The molecule has 2 aromatic rings. The number of aromatic amines is 1. The molecule has 24 heavy (non-hydrogen) atoms. The number of fused-ring (bicyclic) bond motifs is 1. The van der Waals surface area contributed by atoms with Crippen LogP contribution in [0.3, 0.4) is 0 Å². The lowest BCUT2D eigenvalue weighted by Crippen LogP contribution is -2.24. The van der Waals surface area contributed by atoms with E-state index in [1.807, 2.05) is 6.92 Å². The maximum atomic E-state index is 12.4. The third kappa shape index (κ3) is 3.40. The quantitative estimate of drug-likeness (QED) is 0.771. The van der Waals surface area contributed by atoms with Gasteiger partial charge in [-0.2, -0.15) is 0 Å². The van der Waals surface area contributed by atoms with E-state index in [1.165, 1.54) is 16.3 Å². The van der Waals surface area contributed by atoms with Crippen molar-refractivity contribution in [1.82, 2.24) is 14.8 Å². The summed E-state index contributed by atoms with van der Waals surface area (Å²) in [7, 11) is 0. The van der Waals surface area contributed by atoms with E-state index in [1.54, 1.807) is 25.1 Å². The second kappa shape index (κ2) is 7.00. The molecule has 9 heteroatoms. The van der Waals surface area contributed by atoms with Crippen molar-refractivity contribution >= 4 is 23.4 Å². The van der Waals surface area contributed by atoms with Crippen LogP contribution in [0.25, 0.3) is 0 Å². The summed E-state index contributed by atoms with van der Waals surface area (Å²) in [6.45, 7) is 4.49. The molecule has 3 rings (SSSR count). The van der Waals surface area contributed by atoms with Crippen molar-refractivity contribution in [2.45, 2.75) is 37.2 Å². The highest BCUT2D eigenvalue weighted by atomic mass is 32.2. The van der Waals surface area contributed by atoms with Gasteiger partial charge in [-0.05, 0) is 25.5 Å². The topological polar surface area (TPSA) is 98.2 Å². The summed E-state index contributed by atoms with van der Waals surface area (Å²) in [5.74, 6) is 1.09. The minimum atomic E-state index is -0.416. The number of rotatable bonds is 6. The second-order valence-electron chi connectivity index (χ2n) is 5.28. The van der Waals surface area contributed by atoms with Crippen molar-refractivity contribution in [1.29, 1.82) is 0 Å². The van der Waals surface area contributed by atoms with Crippen LogP contribution >= 0.6 is 11.8 Å². The molecule has 0 fully saturated rings. The van der Waals surface area contributed by atoms with Crippen LogP contribution < -0.4 is 20.5 Å². The Morgan fingerprint density at radius 2 is 2.25 bits per heavy atom. The molecule has 0 bridgehead atoms. The van der Waals surface area contributed by atoms with E-state index in [-0.39, 0.29) is 18.4 Å². The Labute approximate surface area is 142 Å². The molecule has 0 spiro atoms. The molecule has 0 saturated heterocycles. The van der Waals surface area contributed by atoms with Crippen LogP contribution in [0.4, 0.5) is 5.69 Å². The Kier molecular flexibility index (Phi) is 4.79. The predicted octanol–water partition coefficient (Wildman–Crippen LogP) is 1.83. The van der Waals surface area contributed by atoms with Crippen LogP contribution in [-0.4, -0.2) is 32.7 Å². The van der Waals surface area contributed by atoms with Gasteiger partial charge >= 0.3 is 5.69 Å². The fourth-order valence-electron chi connectivity index (χ4n) is 2.24. The molecule has 1 atom stereocenters. The number of carbonyl (C=O) groups is 1. The second-order valence-corrected chi connectivity index (χ2v) is 6.59. The van der Waals surface area contributed by atoms with Crippen LogP contribution in [0.5, 0.6) is 11.5 Å². The molecular weight excluding hydrogens is 332 g/mol. The van der Waals surface area contributed by atoms with Crippen LogP contribution in [-0.2, 0) is 11.3 Å². The molecule has 1 aromatic heterocycles. The van der Waals surface area contributed by atoms with Crippen molar-refractivity contribution < 1.29 is 14.3 Å². The van der Waals surface area contributed by atoms with E-state index >= 15 is 0 Å². The molecule has 1 aliphatic rings. The molecule has 2 N–H and O–H groups in total. The van der Waals surface area contributed by atoms with Gasteiger partial charge in [-0.1, -0.05) is 18.7 Å². The number of carbonyl (C=O) groups excluding carboxylic acids is 1. The van der Waals surface area contributed by atoms with E-state index in [4.69, 9.17) is 9.47 Å². The number of hydrogen-bond acceptors (Lipinski definition) is 6. The molecule has 0 saturated carbocycles. The van der Waals surface area contributed by atoms with Crippen molar-refractivity contribution in [2.24, 2.45) is 0 Å². The van der Waals surface area contributed by atoms with Gasteiger partial charge in [0.05, 0.1) is 5.25 Å². The summed E-state index contributed by atoms with van der Waals surface area (Å²) in [5, 5.41) is 9.32. The fourth-order valence-corrected chi connectivity index (χ4v) is 3.13. The van der Waals surface area contributed by atoms with Crippen LogP contribution in [0.1, 0.15) is 20.3 Å². The van der Waals surface area contributed by atoms with Gasteiger partial charge in [0.1, 0.15) is 0 Å². The Hall–Kier alpha value is -2.42. The minimum Gasteiger partial charge on any atom is -0.454 e. The number of H-pyrrole nitrogens is 1. The Morgan fingerprint density at radius 1 is 1.46 bits per heavy atom. The molecule has 1 amide bonds. The van der Waals surface area contributed by atoms with E-state index in [0.29, 0.717) is 28.9 Å². The highest BCUT2D eigenvalue weighted by Gasteiger charge is 2.20. The molecule has 0 unspecified atom stereocenters. The third-order valence-electron chi connectivity index (χ3n) is 3.46. The Morgan fingerprint density at radius 3 is 3.04 bits per heavy atom. The Bertz CT molecular complexity index is 801. The zero-order chi connectivity index (χ0) is 17.1. The number of nitrogens with zero attached hydrogens (tertiary/aromatic N) is 2. The lowest BCUT2D eigenvalue weighted by atomic mass is 10.2. The molecule has 0 aliphatic carbocycles. The van der Waals surface area contributed by atoms with Gasteiger partial charge < -0.3 is 14.8 Å². The van der Waals surface area contributed by atoms with E-state index in [0.717, 1.165) is 6.42 Å². The van der Waals surface area contributed by atoms with Crippen LogP contribution in [0, 0.1) is 0 Å². The lowest BCUT2D eigenvalue weighted by Gasteiger charge is -2.12. The van der Waals surface area contributed by atoms with E-state index in [2.05, 4.69) is 15.5 Å². The Balaban J connectivity index is 1.66. The molecule has 1 aliphatic heterocycles. The molecule has 1 aromatic carbocycles. The normalized spacial score (nSPS) is 13.8. The van der Waals surface area contributed by atoms with Crippen LogP contribution in [0.15, 0.2) is 28.2 Å². The first-order valence-electron chi connectivity index (χ1n) is 7.61. The first-order chi connectivity index (χ1) is 11.6. The van der Waals surface area contributed by atoms with Crippen molar-refractivity contribution in [3.63, 3.8) is 0 Å². The predicted molar refractivity (Wildman–Crippen MR) is 89.7 cm³/mol. The highest BCUT2D eigenvalue weighted by Crippen LogP contribution is 2.34. The molecular formula is C15H18N4O4S. The van der Waals surface area contributed by atoms with E-state index < -0.39 is 5.25 Å². The summed E-state index contributed by atoms with van der Waals surface area (Å²) >= 11 is 1.24. The lowest BCUT2D eigenvalue weighted by molar-refractivity contribution is -0.115. The average Bonchev–Trinajstić information content (AvgIpc) is 3.16. The van der Waals surface area contributed by atoms with Crippen molar-refractivity contribution in [2.75, 3.05) is 12.1 Å². The monoisotopic (exact) mass is 350 g/mol. The number of benzene rings is 1. The summed E-state index contributed by atoms with van der Waals surface area (Å²) < 4.78 is 12.1. The van der Waals surface area contributed by atoms with Gasteiger partial charge in [0.25, 0.3) is 0 Å². The van der Waals surface area contributed by atoms with Gasteiger partial charge in [-0.25, -0.2) is 9.89 Å². The zero-order valence-corrected chi connectivity index (χ0v) is 14.2. The number of ether oxygens (including phenoxy) is 2. The minimum absolute atomic E-state index is 0.183. The summed E-state index contributed by atoms with van der Waals surface area (Å²) in [4.78, 5) is 24.0. The SMILES string of the molecule is CCCn1c(S[C@@H](C)C(=O)Nc2ccc3c(c2)OCO3)n[nH]c1=O. The zero-order valence-electron chi connectivity index (χ0n) is 13.4. The van der Waals surface area contributed by atoms with Gasteiger partial charge in [-0.3, -0.25) is 9.36 Å². The first kappa shape index (κ1) is 16.4. The van der Waals surface area contributed by atoms with Crippen molar-refractivity contribution in [3.8, 4) is 11.5 Å². The number of anilines is 1. The molecule has 0 radical (unpaired) electrons. The van der Waals surface area contributed by atoms with Gasteiger partial charge in [0.15, 0.2) is 16.7 Å². The average molecular weight is 350 g/mol. The largest absolute Gasteiger partial charge is 0.454 e. The molecule has 128 valence electrons. The maximum absolute atomic E-state index is 12.4. The number of amides is 1. The fraction of sp³-hybridized carbons (Fsp3) is 0.400. The summed E-state index contributed by atoms with van der Waals surface area (Å²) in [6.07, 6.45) is 0.810. The summed E-state index contributed by atoms with van der Waals surface area (Å²) in [6, 6.07) is 5.23. The number of aromatic nitrogens is 3. The van der Waals surface area contributed by atoms with Crippen molar-refractivity contribution in [3.05, 3.63) is 28.7 Å². The van der Waals surface area contributed by atoms with Gasteiger partial charge in [0, 0.05) is 18.3 Å².